The summed E-state index contributed by atoms with van der Waals surface area (Å²) in [6.07, 6.45) is 0. The van der Waals surface area contributed by atoms with Crippen molar-refractivity contribution in [1.82, 2.24) is 0 Å². The molecule has 1 atom stereocenters. The van der Waals surface area contributed by atoms with Crippen molar-refractivity contribution in [3.05, 3.63) is 23.8 Å². The fourth-order valence-electron chi connectivity index (χ4n) is 1.36. The predicted molar refractivity (Wildman–Crippen MR) is 60.5 cm³/mol. The van der Waals surface area contributed by atoms with Gasteiger partial charge in [-0.3, -0.25) is 5.14 Å². The summed E-state index contributed by atoms with van der Waals surface area (Å²) in [5, 5.41) is 6.29. The molecule has 0 bridgehead atoms. The van der Waals surface area contributed by atoms with E-state index in [-0.39, 0.29) is 5.97 Å². The number of rotatable bonds is 1. The zero-order valence-electron chi connectivity index (χ0n) is 8.10. The van der Waals surface area contributed by atoms with Crippen LogP contribution in [0.5, 0.6) is 0 Å². The van der Waals surface area contributed by atoms with Crippen LogP contribution in [-0.4, -0.2) is 18.2 Å². The highest BCUT2D eigenvalue weighted by Gasteiger charge is 2.20. The summed E-state index contributed by atoms with van der Waals surface area (Å²) in [5.41, 5.74) is 6.84. The fourth-order valence-corrected chi connectivity index (χ4v) is 2.47. The Hall–Kier alpha value is -1.53. The first kappa shape index (κ1) is 10.0. The van der Waals surface area contributed by atoms with E-state index in [1.54, 1.807) is 18.2 Å². The van der Waals surface area contributed by atoms with Crippen molar-refractivity contribution in [3.8, 4) is 0 Å². The van der Waals surface area contributed by atoms with Gasteiger partial charge in [-0.1, -0.05) is 0 Å². The van der Waals surface area contributed by atoms with Crippen LogP contribution in [0.1, 0.15) is 10.4 Å². The van der Waals surface area contributed by atoms with Crippen LogP contribution in [0.15, 0.2) is 28.1 Å². The molecule has 1 heterocycles. The Morgan fingerprint density at radius 1 is 1.53 bits per heavy atom. The number of nitrogens with zero attached hydrogens (tertiary/aromatic N) is 1. The minimum absolute atomic E-state index is 0.383. The number of methoxy groups -OCH3 is 1. The molecular formula is C9H11N3O2S. The number of carbonyl (C=O) groups excluding carboxylic acids is 1. The Balaban J connectivity index is 2.43. The Morgan fingerprint density at radius 2 is 2.27 bits per heavy atom. The van der Waals surface area contributed by atoms with Gasteiger partial charge in [0.2, 0.25) is 0 Å². The van der Waals surface area contributed by atoms with E-state index in [4.69, 9.17) is 10.9 Å². The molecule has 0 spiro atoms. The number of thiol groups is 1. The maximum Gasteiger partial charge on any atom is 0.337 e. The van der Waals surface area contributed by atoms with Crippen molar-refractivity contribution in [2.45, 2.75) is 4.90 Å². The van der Waals surface area contributed by atoms with Crippen molar-refractivity contribution in [2.75, 3.05) is 7.11 Å². The molecule has 0 fully saturated rings. The number of benzene rings is 1. The zero-order chi connectivity index (χ0) is 11.0. The second-order valence-electron chi connectivity index (χ2n) is 3.04. The fraction of sp³-hybridized carbons (Fsp3) is 0.111. The monoisotopic (exact) mass is 225 g/mol. The van der Waals surface area contributed by atoms with E-state index in [0.717, 1.165) is 10.6 Å². The van der Waals surface area contributed by atoms with Crippen molar-refractivity contribution in [2.24, 2.45) is 15.9 Å². The number of carbonyl (C=O) groups is 1. The molecule has 4 N–H and O–H groups in total. The van der Waals surface area contributed by atoms with Crippen molar-refractivity contribution >= 4 is 27.9 Å². The highest BCUT2D eigenvalue weighted by Crippen LogP contribution is 2.43. The van der Waals surface area contributed by atoms with E-state index in [1.165, 1.54) is 7.11 Å². The molecule has 0 radical (unpaired) electrons. The molecule has 15 heavy (non-hydrogen) atoms. The van der Waals surface area contributed by atoms with Gasteiger partial charge < -0.3 is 10.5 Å². The average Bonchev–Trinajstić information content (AvgIpc) is 2.54. The lowest BCUT2D eigenvalue weighted by molar-refractivity contribution is 0.0600. The molecule has 2 rings (SSSR count). The smallest absolute Gasteiger partial charge is 0.337 e. The van der Waals surface area contributed by atoms with Crippen molar-refractivity contribution in [3.63, 3.8) is 0 Å². The molecule has 5 nitrogen and oxygen atoms in total. The lowest BCUT2D eigenvalue weighted by Gasteiger charge is -2.10. The SMILES string of the molecule is COC(=O)c1ccc2c(c1)[SH](N)C(N)=N2. The normalized spacial score (nSPS) is 20.7. The first-order valence-corrected chi connectivity index (χ1v) is 5.66. The lowest BCUT2D eigenvalue weighted by Crippen LogP contribution is -2.13. The number of hydrogen-bond donors (Lipinski definition) is 3. The second kappa shape index (κ2) is 3.56. The summed E-state index contributed by atoms with van der Waals surface area (Å²) in [5.74, 6) is -0.383. The van der Waals surface area contributed by atoms with E-state index in [0.29, 0.717) is 10.7 Å². The topological polar surface area (TPSA) is 90.7 Å². The third kappa shape index (κ3) is 1.57. The molecule has 6 heteroatoms. The summed E-state index contributed by atoms with van der Waals surface area (Å²) in [6, 6.07) is 5.07. The first-order chi connectivity index (χ1) is 7.13. The molecule has 1 aromatic rings. The maximum absolute atomic E-state index is 11.3. The molecule has 0 aromatic heterocycles. The molecule has 1 aromatic carbocycles. The Bertz CT molecular complexity index is 459. The molecule has 0 amide bonds. The van der Waals surface area contributed by atoms with E-state index in [2.05, 4.69) is 9.73 Å². The van der Waals surface area contributed by atoms with Crippen molar-refractivity contribution < 1.29 is 9.53 Å². The van der Waals surface area contributed by atoms with Gasteiger partial charge >= 0.3 is 5.97 Å². The van der Waals surface area contributed by atoms with Crippen LogP contribution in [0.4, 0.5) is 5.69 Å². The van der Waals surface area contributed by atoms with Gasteiger partial charge in [0.25, 0.3) is 0 Å². The van der Waals surface area contributed by atoms with Crippen LogP contribution in [0.3, 0.4) is 0 Å². The highest BCUT2D eigenvalue weighted by atomic mass is 32.2. The molecule has 1 aliphatic heterocycles. The molecule has 0 aliphatic carbocycles. The summed E-state index contributed by atoms with van der Waals surface area (Å²) < 4.78 is 4.62. The highest BCUT2D eigenvalue weighted by molar-refractivity contribution is 8.28. The minimum atomic E-state index is -1.07. The average molecular weight is 225 g/mol. The molecule has 0 saturated carbocycles. The van der Waals surface area contributed by atoms with Crippen LogP contribution >= 0.6 is 11.1 Å². The zero-order valence-corrected chi connectivity index (χ0v) is 8.99. The number of ether oxygens (including phenoxy) is 1. The van der Waals surface area contributed by atoms with Crippen LogP contribution in [-0.2, 0) is 4.74 Å². The Kier molecular flexibility index (Phi) is 2.37. The molecule has 0 saturated heterocycles. The van der Waals surface area contributed by atoms with E-state index < -0.39 is 11.1 Å². The summed E-state index contributed by atoms with van der Waals surface area (Å²) in [6.45, 7) is 0. The molecule has 80 valence electrons. The molecule has 1 unspecified atom stereocenters. The predicted octanol–water partition coefficient (Wildman–Crippen LogP) is 0.667. The Labute approximate surface area is 89.6 Å². The quantitative estimate of drug-likeness (QED) is 0.484. The summed E-state index contributed by atoms with van der Waals surface area (Å²) >= 11 is -1.07. The molecular weight excluding hydrogens is 214 g/mol. The number of fused-ring (bicyclic) bond motifs is 1. The van der Waals surface area contributed by atoms with E-state index >= 15 is 0 Å². The van der Waals surface area contributed by atoms with Crippen molar-refractivity contribution in [1.29, 1.82) is 0 Å². The third-order valence-electron chi connectivity index (χ3n) is 2.14. The number of esters is 1. The van der Waals surface area contributed by atoms with Gasteiger partial charge in [0, 0.05) is 4.90 Å². The van der Waals surface area contributed by atoms with Crippen LogP contribution in [0.25, 0.3) is 0 Å². The maximum atomic E-state index is 11.3. The number of nitrogens with two attached hydrogens (primary N) is 2. The summed E-state index contributed by atoms with van der Waals surface area (Å²) in [4.78, 5) is 16.2. The van der Waals surface area contributed by atoms with Gasteiger partial charge in [-0.25, -0.2) is 9.79 Å². The van der Waals surface area contributed by atoms with E-state index in [1.807, 2.05) is 0 Å². The van der Waals surface area contributed by atoms with Gasteiger partial charge in [-0.2, -0.15) is 0 Å². The number of hydrogen-bond acceptors (Lipinski definition) is 5. The first-order valence-electron chi connectivity index (χ1n) is 4.25. The largest absolute Gasteiger partial charge is 0.465 e. The van der Waals surface area contributed by atoms with Gasteiger partial charge in [-0.05, 0) is 18.2 Å². The number of aliphatic imine (C=N–C) groups is 1. The van der Waals surface area contributed by atoms with Gasteiger partial charge in [0.15, 0.2) is 5.17 Å². The lowest BCUT2D eigenvalue weighted by atomic mass is 10.2. The van der Waals surface area contributed by atoms with Crippen LogP contribution < -0.4 is 10.9 Å². The number of amidine groups is 1. The van der Waals surface area contributed by atoms with Crippen LogP contribution in [0.2, 0.25) is 0 Å². The Morgan fingerprint density at radius 3 is 2.93 bits per heavy atom. The minimum Gasteiger partial charge on any atom is -0.465 e. The standard InChI is InChI=1S/C9H11N3O2S/c1-14-8(13)5-2-3-6-7(4-5)15(11)9(10)12-6/h2-4,15H,11H2,1H3,(H2,10,12). The van der Waals surface area contributed by atoms with E-state index in [9.17, 15) is 4.79 Å². The van der Waals surface area contributed by atoms with Gasteiger partial charge in [0.1, 0.15) is 0 Å². The summed E-state index contributed by atoms with van der Waals surface area (Å²) in [7, 11) is 1.34. The molecule has 1 aliphatic rings. The van der Waals surface area contributed by atoms with Crippen LogP contribution in [0, 0.1) is 0 Å². The van der Waals surface area contributed by atoms with Gasteiger partial charge in [0.05, 0.1) is 18.4 Å². The van der Waals surface area contributed by atoms with Gasteiger partial charge in [-0.15, -0.1) is 11.1 Å². The second-order valence-corrected chi connectivity index (χ2v) is 4.72. The third-order valence-corrected chi connectivity index (χ3v) is 3.61.